The number of rotatable bonds is 5. The van der Waals surface area contributed by atoms with Crippen LogP contribution in [-0.2, 0) is 0 Å². The van der Waals surface area contributed by atoms with Crippen LogP contribution in [0.2, 0.25) is 0 Å². The van der Waals surface area contributed by atoms with Crippen molar-refractivity contribution in [2.45, 2.75) is 59.9 Å². The average Bonchev–Trinajstić information content (AvgIpc) is 2.81. The predicted molar refractivity (Wildman–Crippen MR) is 58.9 cm³/mol. The molecule has 0 aromatic carbocycles. The van der Waals surface area contributed by atoms with E-state index in [0.717, 1.165) is 6.54 Å². The molecule has 1 aliphatic rings. The molecule has 0 spiro atoms. The molecule has 1 unspecified atom stereocenters. The van der Waals surface area contributed by atoms with Crippen molar-refractivity contribution in [3.05, 3.63) is 0 Å². The Morgan fingerprint density at radius 1 is 1.38 bits per heavy atom. The van der Waals surface area contributed by atoms with Crippen LogP contribution in [0.5, 0.6) is 0 Å². The zero-order valence-corrected chi connectivity index (χ0v) is 9.91. The molecule has 0 heterocycles. The van der Waals surface area contributed by atoms with Crippen molar-refractivity contribution < 1.29 is 0 Å². The Hall–Kier alpha value is -0.0400. The summed E-state index contributed by atoms with van der Waals surface area (Å²) < 4.78 is 0. The first kappa shape index (κ1) is 11.0. The maximum Gasteiger partial charge on any atom is 0.00927 e. The molecule has 0 aliphatic heterocycles. The standard InChI is InChI=1S/C12H25N/c1-6-11(3,4)9-13-10(2)12(5)7-8-12/h10,13H,6-9H2,1-5H3. The molecule has 0 aromatic rings. The maximum absolute atomic E-state index is 3.68. The molecule has 1 aliphatic carbocycles. The molecule has 0 saturated heterocycles. The van der Waals surface area contributed by atoms with Gasteiger partial charge in [0.1, 0.15) is 0 Å². The van der Waals surface area contributed by atoms with Crippen LogP contribution in [0.15, 0.2) is 0 Å². The van der Waals surface area contributed by atoms with Gasteiger partial charge in [-0.05, 0) is 37.0 Å². The summed E-state index contributed by atoms with van der Waals surface area (Å²) in [5, 5.41) is 3.68. The highest BCUT2D eigenvalue weighted by Crippen LogP contribution is 2.48. The van der Waals surface area contributed by atoms with Crippen LogP contribution < -0.4 is 5.32 Å². The summed E-state index contributed by atoms with van der Waals surface area (Å²) >= 11 is 0. The van der Waals surface area contributed by atoms with E-state index in [1.54, 1.807) is 0 Å². The second-order valence-electron chi connectivity index (χ2n) is 5.77. The van der Waals surface area contributed by atoms with E-state index in [9.17, 15) is 0 Å². The minimum Gasteiger partial charge on any atom is -0.313 e. The van der Waals surface area contributed by atoms with Crippen molar-refractivity contribution in [3.63, 3.8) is 0 Å². The summed E-state index contributed by atoms with van der Waals surface area (Å²) in [6.07, 6.45) is 4.07. The van der Waals surface area contributed by atoms with Crippen molar-refractivity contribution in [1.82, 2.24) is 5.32 Å². The van der Waals surface area contributed by atoms with Crippen LogP contribution in [0.25, 0.3) is 0 Å². The summed E-state index contributed by atoms with van der Waals surface area (Å²) in [4.78, 5) is 0. The van der Waals surface area contributed by atoms with Crippen molar-refractivity contribution >= 4 is 0 Å². The summed E-state index contributed by atoms with van der Waals surface area (Å²) in [5.41, 5.74) is 1.07. The lowest BCUT2D eigenvalue weighted by atomic mass is 9.89. The summed E-state index contributed by atoms with van der Waals surface area (Å²) in [6, 6.07) is 0.693. The van der Waals surface area contributed by atoms with Gasteiger partial charge in [-0.1, -0.05) is 27.7 Å². The molecule has 0 radical (unpaired) electrons. The fourth-order valence-corrected chi connectivity index (χ4v) is 1.43. The summed E-state index contributed by atoms with van der Waals surface area (Å²) in [5.74, 6) is 0. The molecular weight excluding hydrogens is 158 g/mol. The SMILES string of the molecule is CCC(C)(C)CNC(C)C1(C)CC1. The molecule has 1 fully saturated rings. The molecule has 0 bridgehead atoms. The van der Waals surface area contributed by atoms with E-state index in [-0.39, 0.29) is 0 Å². The first-order chi connectivity index (χ1) is 5.90. The van der Waals surface area contributed by atoms with Crippen LogP contribution in [0.4, 0.5) is 0 Å². The van der Waals surface area contributed by atoms with Crippen molar-refractivity contribution in [1.29, 1.82) is 0 Å². The third-order valence-corrected chi connectivity index (χ3v) is 3.93. The summed E-state index contributed by atoms with van der Waals surface area (Å²) in [6.45, 7) is 12.8. The second kappa shape index (κ2) is 3.61. The van der Waals surface area contributed by atoms with E-state index < -0.39 is 0 Å². The molecule has 1 atom stereocenters. The van der Waals surface area contributed by atoms with Crippen molar-refractivity contribution in [2.75, 3.05) is 6.54 Å². The Labute approximate surface area is 83.3 Å². The molecule has 1 rings (SSSR count). The third-order valence-electron chi connectivity index (χ3n) is 3.93. The van der Waals surface area contributed by atoms with Gasteiger partial charge in [-0.25, -0.2) is 0 Å². The lowest BCUT2D eigenvalue weighted by molar-refractivity contribution is 0.280. The average molecular weight is 183 g/mol. The highest BCUT2D eigenvalue weighted by molar-refractivity contribution is 4.96. The smallest absolute Gasteiger partial charge is 0.00927 e. The van der Waals surface area contributed by atoms with Gasteiger partial charge in [0.25, 0.3) is 0 Å². The quantitative estimate of drug-likeness (QED) is 0.690. The Bertz CT molecular complexity index is 168. The third kappa shape index (κ3) is 2.98. The van der Waals surface area contributed by atoms with Gasteiger partial charge in [0.15, 0.2) is 0 Å². The Morgan fingerprint density at radius 3 is 2.31 bits per heavy atom. The zero-order chi connectivity index (χ0) is 10.1. The van der Waals surface area contributed by atoms with E-state index in [1.165, 1.54) is 19.3 Å². The molecule has 1 nitrogen and oxygen atoms in total. The van der Waals surface area contributed by atoms with Gasteiger partial charge in [0.05, 0.1) is 0 Å². The van der Waals surface area contributed by atoms with E-state index in [0.29, 0.717) is 16.9 Å². The Kier molecular flexibility index (Phi) is 3.06. The minimum absolute atomic E-state index is 0.458. The molecular formula is C12H25N. The first-order valence-electron chi connectivity index (χ1n) is 5.63. The summed E-state index contributed by atoms with van der Waals surface area (Å²) in [7, 11) is 0. The topological polar surface area (TPSA) is 12.0 Å². The normalized spacial score (nSPS) is 22.8. The lowest BCUT2D eigenvalue weighted by Crippen LogP contribution is -2.39. The lowest BCUT2D eigenvalue weighted by Gasteiger charge is -2.28. The molecule has 0 aromatic heterocycles. The maximum atomic E-state index is 3.68. The van der Waals surface area contributed by atoms with E-state index in [1.807, 2.05) is 0 Å². The van der Waals surface area contributed by atoms with Gasteiger partial charge >= 0.3 is 0 Å². The van der Waals surface area contributed by atoms with Gasteiger partial charge in [-0.15, -0.1) is 0 Å². The molecule has 1 N–H and O–H groups in total. The zero-order valence-electron chi connectivity index (χ0n) is 9.91. The van der Waals surface area contributed by atoms with E-state index >= 15 is 0 Å². The van der Waals surface area contributed by atoms with Crippen molar-refractivity contribution in [2.24, 2.45) is 10.8 Å². The largest absolute Gasteiger partial charge is 0.313 e. The van der Waals surface area contributed by atoms with E-state index in [2.05, 4.69) is 39.9 Å². The second-order valence-corrected chi connectivity index (χ2v) is 5.77. The molecule has 0 amide bonds. The monoisotopic (exact) mass is 183 g/mol. The highest BCUT2D eigenvalue weighted by atomic mass is 14.9. The minimum atomic E-state index is 0.458. The van der Waals surface area contributed by atoms with Crippen molar-refractivity contribution in [3.8, 4) is 0 Å². The number of nitrogens with one attached hydrogen (secondary N) is 1. The molecule has 78 valence electrons. The molecule has 1 saturated carbocycles. The van der Waals surface area contributed by atoms with Crippen LogP contribution in [0.3, 0.4) is 0 Å². The van der Waals surface area contributed by atoms with E-state index in [4.69, 9.17) is 0 Å². The Balaban J connectivity index is 2.26. The van der Waals surface area contributed by atoms with Crippen LogP contribution in [-0.4, -0.2) is 12.6 Å². The van der Waals surface area contributed by atoms with Crippen LogP contribution in [0, 0.1) is 10.8 Å². The number of hydrogen-bond donors (Lipinski definition) is 1. The Morgan fingerprint density at radius 2 is 1.92 bits per heavy atom. The van der Waals surface area contributed by atoms with Gasteiger partial charge in [-0.2, -0.15) is 0 Å². The van der Waals surface area contributed by atoms with Crippen LogP contribution >= 0.6 is 0 Å². The highest BCUT2D eigenvalue weighted by Gasteiger charge is 2.42. The van der Waals surface area contributed by atoms with Gasteiger partial charge in [0.2, 0.25) is 0 Å². The van der Waals surface area contributed by atoms with Crippen LogP contribution in [0.1, 0.15) is 53.9 Å². The molecule has 1 heteroatoms. The first-order valence-corrected chi connectivity index (χ1v) is 5.63. The van der Waals surface area contributed by atoms with Gasteiger partial charge in [0, 0.05) is 12.6 Å². The number of hydrogen-bond acceptors (Lipinski definition) is 1. The molecule has 13 heavy (non-hydrogen) atoms. The van der Waals surface area contributed by atoms with Gasteiger partial charge < -0.3 is 5.32 Å². The predicted octanol–water partition coefficient (Wildman–Crippen LogP) is 3.20. The fraction of sp³-hybridized carbons (Fsp3) is 1.00. The van der Waals surface area contributed by atoms with Gasteiger partial charge in [-0.3, -0.25) is 0 Å². The fourth-order valence-electron chi connectivity index (χ4n) is 1.43.